The molecule has 0 radical (unpaired) electrons. The standard InChI is InChI=1S/C11H13BrClNO2S/c1-3-5-14-9(11(15)16-4-2)8-6-7(12)10(13)17-8/h3,6,9,14H,1,4-5H2,2H3. The first-order valence-electron chi connectivity index (χ1n) is 5.05. The molecule has 0 saturated heterocycles. The fraction of sp³-hybridized carbons (Fsp3) is 0.364. The number of hydrogen-bond acceptors (Lipinski definition) is 4. The Morgan fingerprint density at radius 3 is 3.00 bits per heavy atom. The summed E-state index contributed by atoms with van der Waals surface area (Å²) in [7, 11) is 0. The minimum absolute atomic E-state index is 0.306. The lowest BCUT2D eigenvalue weighted by Gasteiger charge is -2.14. The third-order valence-electron chi connectivity index (χ3n) is 1.94. The van der Waals surface area contributed by atoms with Crippen LogP contribution >= 0.6 is 38.9 Å². The fourth-order valence-corrected chi connectivity index (χ4v) is 3.03. The van der Waals surface area contributed by atoms with Crippen LogP contribution in [0.3, 0.4) is 0 Å². The van der Waals surface area contributed by atoms with E-state index < -0.39 is 6.04 Å². The van der Waals surface area contributed by atoms with E-state index in [2.05, 4.69) is 27.8 Å². The second-order valence-electron chi connectivity index (χ2n) is 3.15. The fourth-order valence-electron chi connectivity index (χ4n) is 1.23. The normalized spacial score (nSPS) is 12.2. The molecule has 6 heteroatoms. The van der Waals surface area contributed by atoms with Crippen molar-refractivity contribution in [2.45, 2.75) is 13.0 Å². The third kappa shape index (κ3) is 4.10. The zero-order valence-corrected chi connectivity index (χ0v) is 12.5. The van der Waals surface area contributed by atoms with Crippen LogP contribution in [0, 0.1) is 0 Å². The molecular weight excluding hydrogens is 326 g/mol. The quantitative estimate of drug-likeness (QED) is 0.637. The van der Waals surface area contributed by atoms with Crippen molar-refractivity contribution >= 4 is 44.8 Å². The van der Waals surface area contributed by atoms with Gasteiger partial charge in [-0.1, -0.05) is 17.7 Å². The molecule has 0 bridgehead atoms. The summed E-state index contributed by atoms with van der Waals surface area (Å²) >= 11 is 10.6. The highest BCUT2D eigenvalue weighted by Crippen LogP contribution is 2.35. The van der Waals surface area contributed by atoms with Gasteiger partial charge in [0.05, 0.1) is 6.61 Å². The van der Waals surface area contributed by atoms with Crippen molar-refractivity contribution in [1.82, 2.24) is 5.32 Å². The molecule has 1 aromatic rings. The maximum absolute atomic E-state index is 11.8. The summed E-state index contributed by atoms with van der Waals surface area (Å²) in [6.07, 6.45) is 1.69. The van der Waals surface area contributed by atoms with E-state index in [0.29, 0.717) is 17.5 Å². The van der Waals surface area contributed by atoms with Crippen LogP contribution in [-0.2, 0) is 9.53 Å². The van der Waals surface area contributed by atoms with Gasteiger partial charge >= 0.3 is 5.97 Å². The van der Waals surface area contributed by atoms with Crippen LogP contribution in [0.25, 0.3) is 0 Å². The van der Waals surface area contributed by atoms with Gasteiger partial charge in [0.25, 0.3) is 0 Å². The summed E-state index contributed by atoms with van der Waals surface area (Å²) in [6, 6.07) is 1.33. The van der Waals surface area contributed by atoms with E-state index in [-0.39, 0.29) is 5.97 Å². The minimum atomic E-state index is -0.498. The van der Waals surface area contributed by atoms with Crippen LogP contribution in [0.1, 0.15) is 17.8 Å². The number of ether oxygens (including phenoxy) is 1. The van der Waals surface area contributed by atoms with Gasteiger partial charge in [0, 0.05) is 15.9 Å². The van der Waals surface area contributed by atoms with Gasteiger partial charge in [-0.25, -0.2) is 4.79 Å². The highest BCUT2D eigenvalue weighted by atomic mass is 79.9. The molecule has 0 amide bonds. The Morgan fingerprint density at radius 2 is 2.53 bits per heavy atom. The lowest BCUT2D eigenvalue weighted by Crippen LogP contribution is -2.29. The van der Waals surface area contributed by atoms with Gasteiger partial charge < -0.3 is 4.74 Å². The molecule has 1 rings (SSSR count). The first-order chi connectivity index (χ1) is 8.10. The molecule has 1 N–H and O–H groups in total. The van der Waals surface area contributed by atoms with Crippen LogP contribution in [0.15, 0.2) is 23.2 Å². The van der Waals surface area contributed by atoms with Crippen molar-refractivity contribution in [2.24, 2.45) is 0 Å². The second kappa shape index (κ2) is 7.16. The Morgan fingerprint density at radius 1 is 1.82 bits per heavy atom. The molecule has 1 heterocycles. The van der Waals surface area contributed by atoms with Gasteiger partial charge in [-0.05, 0) is 28.9 Å². The summed E-state index contributed by atoms with van der Waals surface area (Å²) in [6.45, 7) is 6.26. The zero-order chi connectivity index (χ0) is 12.8. The number of carbonyl (C=O) groups is 1. The van der Waals surface area contributed by atoms with Gasteiger partial charge in [-0.2, -0.15) is 0 Å². The molecule has 0 fully saturated rings. The molecule has 0 spiro atoms. The predicted molar refractivity (Wildman–Crippen MR) is 74.6 cm³/mol. The number of hydrogen-bond donors (Lipinski definition) is 1. The summed E-state index contributed by atoms with van der Waals surface area (Å²) < 4.78 is 6.42. The molecule has 1 aromatic heterocycles. The van der Waals surface area contributed by atoms with Gasteiger partial charge in [-0.15, -0.1) is 17.9 Å². The van der Waals surface area contributed by atoms with E-state index in [1.807, 2.05) is 6.07 Å². The van der Waals surface area contributed by atoms with Crippen LogP contribution in [-0.4, -0.2) is 19.1 Å². The highest BCUT2D eigenvalue weighted by molar-refractivity contribution is 9.10. The van der Waals surface area contributed by atoms with Crippen LogP contribution in [0.5, 0.6) is 0 Å². The predicted octanol–water partition coefficient (Wildman–Crippen LogP) is 3.54. The highest BCUT2D eigenvalue weighted by Gasteiger charge is 2.23. The summed E-state index contributed by atoms with van der Waals surface area (Å²) in [5, 5.41) is 3.05. The first-order valence-corrected chi connectivity index (χ1v) is 7.04. The van der Waals surface area contributed by atoms with Crippen LogP contribution in [0.2, 0.25) is 4.34 Å². The molecule has 1 unspecified atom stereocenters. The van der Waals surface area contributed by atoms with E-state index in [1.54, 1.807) is 13.0 Å². The van der Waals surface area contributed by atoms with Gasteiger partial charge in [0.15, 0.2) is 0 Å². The molecule has 0 aliphatic rings. The van der Waals surface area contributed by atoms with Crippen LogP contribution < -0.4 is 5.32 Å². The van der Waals surface area contributed by atoms with Crippen LogP contribution in [0.4, 0.5) is 0 Å². The largest absolute Gasteiger partial charge is 0.465 e. The number of halogens is 2. The number of esters is 1. The number of carbonyl (C=O) groups excluding carboxylic acids is 1. The average Bonchev–Trinajstić information content (AvgIpc) is 2.60. The molecule has 17 heavy (non-hydrogen) atoms. The lowest BCUT2D eigenvalue weighted by atomic mass is 10.2. The maximum Gasteiger partial charge on any atom is 0.328 e. The van der Waals surface area contributed by atoms with Crippen molar-refractivity contribution < 1.29 is 9.53 Å². The van der Waals surface area contributed by atoms with Crippen molar-refractivity contribution in [3.05, 3.63) is 32.4 Å². The number of nitrogens with one attached hydrogen (secondary N) is 1. The smallest absolute Gasteiger partial charge is 0.328 e. The Labute approximate surface area is 118 Å². The Bertz CT molecular complexity index is 389. The van der Waals surface area contributed by atoms with Gasteiger partial charge in [-0.3, -0.25) is 5.32 Å². The number of rotatable bonds is 6. The van der Waals surface area contributed by atoms with E-state index >= 15 is 0 Å². The topological polar surface area (TPSA) is 38.3 Å². The second-order valence-corrected chi connectivity index (χ2v) is 5.69. The molecule has 0 aromatic carbocycles. The van der Waals surface area contributed by atoms with Crippen molar-refractivity contribution in [3.63, 3.8) is 0 Å². The lowest BCUT2D eigenvalue weighted by molar-refractivity contribution is -0.145. The van der Waals surface area contributed by atoms with Gasteiger partial charge in [0.1, 0.15) is 10.4 Å². The van der Waals surface area contributed by atoms with E-state index in [1.165, 1.54) is 11.3 Å². The first kappa shape index (κ1) is 14.7. The SMILES string of the molecule is C=CCNC(C(=O)OCC)c1cc(Br)c(Cl)s1. The van der Waals surface area contributed by atoms with Gasteiger partial charge in [0.2, 0.25) is 0 Å². The third-order valence-corrected chi connectivity index (χ3v) is 4.48. The molecule has 0 saturated carbocycles. The van der Waals surface area contributed by atoms with E-state index in [0.717, 1.165) is 9.35 Å². The summed E-state index contributed by atoms with van der Waals surface area (Å²) in [4.78, 5) is 12.6. The molecule has 1 atom stereocenters. The molecule has 3 nitrogen and oxygen atoms in total. The Kier molecular flexibility index (Phi) is 6.19. The van der Waals surface area contributed by atoms with Crippen molar-refractivity contribution in [3.8, 4) is 0 Å². The van der Waals surface area contributed by atoms with Crippen molar-refractivity contribution in [2.75, 3.05) is 13.2 Å². The molecule has 0 aliphatic carbocycles. The monoisotopic (exact) mass is 337 g/mol. The zero-order valence-electron chi connectivity index (χ0n) is 9.33. The van der Waals surface area contributed by atoms with E-state index in [9.17, 15) is 4.79 Å². The Hall–Kier alpha value is -0.360. The summed E-state index contributed by atoms with van der Waals surface area (Å²) in [5.41, 5.74) is 0. The minimum Gasteiger partial charge on any atom is -0.465 e. The van der Waals surface area contributed by atoms with Crippen molar-refractivity contribution in [1.29, 1.82) is 0 Å². The molecule has 0 aliphatic heterocycles. The molecule has 94 valence electrons. The molecular formula is C11H13BrClNO2S. The number of thiophene rings is 1. The maximum atomic E-state index is 11.8. The average molecular weight is 339 g/mol. The Balaban J connectivity index is 2.88. The summed E-state index contributed by atoms with van der Waals surface area (Å²) in [5.74, 6) is -0.306. The van der Waals surface area contributed by atoms with E-state index in [4.69, 9.17) is 16.3 Å².